The van der Waals surface area contributed by atoms with Gasteiger partial charge >= 0.3 is 0 Å². The van der Waals surface area contributed by atoms with E-state index in [4.69, 9.17) is 0 Å². The van der Waals surface area contributed by atoms with Crippen LogP contribution in [0.1, 0.15) is 56.0 Å². The van der Waals surface area contributed by atoms with Crippen LogP contribution in [0.4, 0.5) is 0 Å². The zero-order valence-corrected chi connectivity index (χ0v) is 12.3. The molecule has 1 saturated heterocycles. The molecule has 0 amide bonds. The molecule has 2 rings (SSSR count). The lowest BCUT2D eigenvalue weighted by atomic mass is 9.85. The molecule has 1 N–H and O–H groups in total. The Hall–Kier alpha value is -1.15. The number of carbonyl (C=O) groups excluding carboxylic acids is 1. The molecule has 1 aromatic carbocycles. The number of rotatable bonds is 2. The molecule has 104 valence electrons. The third kappa shape index (κ3) is 3.66. The Morgan fingerprint density at radius 1 is 1.11 bits per heavy atom. The maximum Gasteiger partial charge on any atom is 0.165 e. The van der Waals surface area contributed by atoms with E-state index in [2.05, 4.69) is 38.2 Å². The summed E-state index contributed by atoms with van der Waals surface area (Å²) in [5.41, 5.74) is 2.31. The first-order chi connectivity index (χ1) is 8.98. The van der Waals surface area contributed by atoms with Crippen molar-refractivity contribution >= 4 is 5.78 Å². The lowest BCUT2D eigenvalue weighted by Gasteiger charge is -2.19. The summed E-state index contributed by atoms with van der Waals surface area (Å²) in [6.07, 6.45) is 3.10. The van der Waals surface area contributed by atoms with Gasteiger partial charge in [-0.3, -0.25) is 4.79 Å². The first-order valence-corrected chi connectivity index (χ1v) is 7.34. The quantitative estimate of drug-likeness (QED) is 0.823. The van der Waals surface area contributed by atoms with Gasteiger partial charge in [-0.2, -0.15) is 0 Å². The summed E-state index contributed by atoms with van der Waals surface area (Å²) in [6.45, 7) is 8.60. The van der Waals surface area contributed by atoms with E-state index < -0.39 is 0 Å². The van der Waals surface area contributed by atoms with Crippen LogP contribution in [0.3, 0.4) is 0 Å². The van der Waals surface area contributed by atoms with Crippen LogP contribution in [0.15, 0.2) is 24.3 Å². The van der Waals surface area contributed by atoms with Crippen LogP contribution >= 0.6 is 0 Å². The van der Waals surface area contributed by atoms with E-state index in [0.717, 1.165) is 37.9 Å². The van der Waals surface area contributed by atoms with Gasteiger partial charge in [0.1, 0.15) is 0 Å². The smallest absolute Gasteiger partial charge is 0.165 e. The summed E-state index contributed by atoms with van der Waals surface area (Å²) in [4.78, 5) is 12.5. The standard InChI is InChI=1S/C17H25NO/c1-17(2,3)15-8-6-14(7-9-15)16(19)13-5-4-11-18-12-10-13/h6-9,13,18H,4-5,10-12H2,1-3H3. The topological polar surface area (TPSA) is 29.1 Å². The number of nitrogens with one attached hydrogen (secondary N) is 1. The monoisotopic (exact) mass is 259 g/mol. The van der Waals surface area contributed by atoms with Crippen LogP contribution in [0.25, 0.3) is 0 Å². The SMILES string of the molecule is CC(C)(C)c1ccc(C(=O)C2CCCNCC2)cc1. The van der Waals surface area contributed by atoms with E-state index in [1.165, 1.54) is 5.56 Å². The minimum Gasteiger partial charge on any atom is -0.317 e. The average molecular weight is 259 g/mol. The minimum atomic E-state index is 0.147. The fourth-order valence-corrected chi connectivity index (χ4v) is 2.65. The van der Waals surface area contributed by atoms with Gasteiger partial charge < -0.3 is 5.32 Å². The van der Waals surface area contributed by atoms with Crippen LogP contribution in [-0.2, 0) is 5.41 Å². The molecule has 1 aliphatic heterocycles. The van der Waals surface area contributed by atoms with Crippen molar-refractivity contribution in [2.24, 2.45) is 5.92 Å². The number of ketones is 1. The number of carbonyl (C=O) groups is 1. The number of hydrogen-bond acceptors (Lipinski definition) is 2. The van der Waals surface area contributed by atoms with Gasteiger partial charge in [-0.05, 0) is 43.3 Å². The predicted octanol–water partition coefficient (Wildman–Crippen LogP) is 3.56. The van der Waals surface area contributed by atoms with Crippen molar-refractivity contribution in [3.05, 3.63) is 35.4 Å². The molecule has 1 atom stereocenters. The summed E-state index contributed by atoms with van der Waals surface area (Å²) < 4.78 is 0. The van der Waals surface area contributed by atoms with Gasteiger partial charge in [0.25, 0.3) is 0 Å². The molecular weight excluding hydrogens is 234 g/mol. The lowest BCUT2D eigenvalue weighted by molar-refractivity contribution is 0.0910. The van der Waals surface area contributed by atoms with E-state index in [1.807, 2.05) is 12.1 Å². The molecule has 0 spiro atoms. The Labute approximate surface area is 116 Å². The van der Waals surface area contributed by atoms with E-state index in [0.29, 0.717) is 5.78 Å². The molecular formula is C17H25NO. The second-order valence-corrected chi connectivity index (χ2v) is 6.57. The highest BCUT2D eigenvalue weighted by molar-refractivity contribution is 5.97. The van der Waals surface area contributed by atoms with Crippen LogP contribution in [0, 0.1) is 5.92 Å². The fraction of sp³-hybridized carbons (Fsp3) is 0.588. The Balaban J connectivity index is 2.10. The lowest BCUT2D eigenvalue weighted by Crippen LogP contribution is -2.18. The summed E-state index contributed by atoms with van der Waals surface area (Å²) >= 11 is 0. The van der Waals surface area contributed by atoms with E-state index in [9.17, 15) is 4.79 Å². The highest BCUT2D eigenvalue weighted by Crippen LogP contribution is 2.24. The molecule has 0 bridgehead atoms. The molecule has 0 aromatic heterocycles. The fourth-order valence-electron chi connectivity index (χ4n) is 2.65. The Bertz CT molecular complexity index is 420. The number of hydrogen-bond donors (Lipinski definition) is 1. The number of benzene rings is 1. The van der Waals surface area contributed by atoms with Gasteiger partial charge in [0.15, 0.2) is 5.78 Å². The van der Waals surface area contributed by atoms with Crippen molar-refractivity contribution in [3.63, 3.8) is 0 Å². The minimum absolute atomic E-state index is 0.147. The zero-order chi connectivity index (χ0) is 13.9. The molecule has 0 radical (unpaired) electrons. The maximum absolute atomic E-state index is 12.5. The van der Waals surface area contributed by atoms with Gasteiger partial charge in [-0.1, -0.05) is 45.0 Å². The number of Topliss-reactive ketones (excluding diaryl/α,β-unsaturated/α-hetero) is 1. The Kier molecular flexibility index (Phi) is 4.41. The summed E-state index contributed by atoms with van der Waals surface area (Å²) in [5, 5.41) is 3.36. The normalized spacial score (nSPS) is 20.9. The van der Waals surface area contributed by atoms with Crippen molar-refractivity contribution in [1.82, 2.24) is 5.32 Å². The predicted molar refractivity (Wildman–Crippen MR) is 79.7 cm³/mol. The molecule has 1 aromatic rings. The van der Waals surface area contributed by atoms with Crippen molar-refractivity contribution < 1.29 is 4.79 Å². The molecule has 19 heavy (non-hydrogen) atoms. The first-order valence-electron chi connectivity index (χ1n) is 7.34. The third-order valence-corrected chi connectivity index (χ3v) is 3.98. The van der Waals surface area contributed by atoms with E-state index in [1.54, 1.807) is 0 Å². The molecule has 1 unspecified atom stereocenters. The summed E-state index contributed by atoms with van der Waals surface area (Å²) in [7, 11) is 0. The zero-order valence-electron chi connectivity index (χ0n) is 12.3. The average Bonchev–Trinajstić information content (AvgIpc) is 2.66. The molecule has 0 saturated carbocycles. The van der Waals surface area contributed by atoms with E-state index >= 15 is 0 Å². The second kappa shape index (κ2) is 5.87. The second-order valence-electron chi connectivity index (χ2n) is 6.57. The van der Waals surface area contributed by atoms with Crippen LogP contribution < -0.4 is 5.32 Å². The van der Waals surface area contributed by atoms with Gasteiger partial charge in [0.05, 0.1) is 0 Å². The van der Waals surface area contributed by atoms with Gasteiger partial charge in [0.2, 0.25) is 0 Å². The molecule has 1 aliphatic rings. The van der Waals surface area contributed by atoms with Gasteiger partial charge in [-0.25, -0.2) is 0 Å². The molecule has 1 fully saturated rings. The van der Waals surface area contributed by atoms with Gasteiger partial charge in [-0.15, -0.1) is 0 Å². The van der Waals surface area contributed by atoms with Gasteiger partial charge in [0, 0.05) is 11.5 Å². The molecule has 1 heterocycles. The maximum atomic E-state index is 12.5. The van der Waals surface area contributed by atoms with Crippen molar-refractivity contribution in [3.8, 4) is 0 Å². The van der Waals surface area contributed by atoms with Crippen LogP contribution in [0.2, 0.25) is 0 Å². The van der Waals surface area contributed by atoms with Crippen molar-refractivity contribution in [2.75, 3.05) is 13.1 Å². The largest absolute Gasteiger partial charge is 0.317 e. The summed E-state index contributed by atoms with van der Waals surface area (Å²) in [6, 6.07) is 8.20. The molecule has 2 heteroatoms. The summed E-state index contributed by atoms with van der Waals surface area (Å²) in [5.74, 6) is 0.527. The first kappa shape index (κ1) is 14.3. The highest BCUT2D eigenvalue weighted by atomic mass is 16.1. The molecule has 2 nitrogen and oxygen atoms in total. The Morgan fingerprint density at radius 2 is 1.79 bits per heavy atom. The van der Waals surface area contributed by atoms with Crippen LogP contribution in [0.5, 0.6) is 0 Å². The van der Waals surface area contributed by atoms with Crippen molar-refractivity contribution in [2.45, 2.75) is 45.4 Å². The van der Waals surface area contributed by atoms with E-state index in [-0.39, 0.29) is 11.3 Å². The highest BCUT2D eigenvalue weighted by Gasteiger charge is 2.21. The Morgan fingerprint density at radius 3 is 2.42 bits per heavy atom. The molecule has 0 aliphatic carbocycles. The van der Waals surface area contributed by atoms with Crippen molar-refractivity contribution in [1.29, 1.82) is 0 Å². The van der Waals surface area contributed by atoms with Crippen LogP contribution in [-0.4, -0.2) is 18.9 Å². The third-order valence-electron chi connectivity index (χ3n) is 3.98.